The van der Waals surface area contributed by atoms with Crippen LogP contribution in [-0.2, 0) is 11.3 Å². The van der Waals surface area contributed by atoms with E-state index in [9.17, 15) is 4.79 Å². The highest BCUT2D eigenvalue weighted by atomic mass is 16.5. The summed E-state index contributed by atoms with van der Waals surface area (Å²) in [7, 11) is 9.40. The fraction of sp³-hybridized carbons (Fsp3) is 0.519. The van der Waals surface area contributed by atoms with Crippen molar-refractivity contribution in [3.05, 3.63) is 35.4 Å². The normalized spacial score (nSPS) is 14.1. The predicted molar refractivity (Wildman–Crippen MR) is 139 cm³/mol. The number of carbonyl (C=O) groups excluding carboxylic acids is 1. The fourth-order valence-corrected chi connectivity index (χ4v) is 4.39. The van der Waals surface area contributed by atoms with Gasteiger partial charge in [-0.1, -0.05) is 0 Å². The van der Waals surface area contributed by atoms with Crippen LogP contribution in [0.3, 0.4) is 0 Å². The Balaban J connectivity index is 1.44. The van der Waals surface area contributed by atoms with Gasteiger partial charge in [0.15, 0.2) is 23.0 Å². The van der Waals surface area contributed by atoms with Gasteiger partial charge in [-0.2, -0.15) is 0 Å². The van der Waals surface area contributed by atoms with E-state index < -0.39 is 5.97 Å². The molecule has 3 rings (SSSR count). The first-order valence-corrected chi connectivity index (χ1v) is 12.2. The van der Waals surface area contributed by atoms with E-state index in [-0.39, 0.29) is 0 Å². The predicted octanol–water partition coefficient (Wildman–Crippen LogP) is 3.10. The maximum absolute atomic E-state index is 12.6. The van der Waals surface area contributed by atoms with Gasteiger partial charge in [-0.3, -0.25) is 4.90 Å². The van der Waals surface area contributed by atoms with Crippen LogP contribution in [0.1, 0.15) is 22.3 Å². The molecule has 1 aliphatic rings. The Hall–Kier alpha value is -3.37. The van der Waals surface area contributed by atoms with Crippen LogP contribution in [0, 0.1) is 0 Å². The second kappa shape index (κ2) is 13.8. The van der Waals surface area contributed by atoms with Crippen LogP contribution in [-0.4, -0.2) is 97.8 Å². The summed E-state index contributed by atoms with van der Waals surface area (Å²) in [6, 6.07) is 7.18. The molecule has 1 heterocycles. The summed E-state index contributed by atoms with van der Waals surface area (Å²) in [4.78, 5) is 17.4. The molecule has 10 nitrogen and oxygen atoms in total. The summed E-state index contributed by atoms with van der Waals surface area (Å²) < 4.78 is 37.8. The van der Waals surface area contributed by atoms with E-state index in [1.54, 1.807) is 33.5 Å². The van der Waals surface area contributed by atoms with Crippen LogP contribution in [0.5, 0.6) is 34.5 Å². The van der Waals surface area contributed by atoms with E-state index in [0.29, 0.717) is 46.7 Å². The Morgan fingerprint density at radius 3 is 1.59 bits per heavy atom. The number of rotatable bonds is 13. The van der Waals surface area contributed by atoms with E-state index in [1.165, 1.54) is 21.3 Å². The second-order valence-electron chi connectivity index (χ2n) is 8.55. The smallest absolute Gasteiger partial charge is 0.338 e. The number of benzene rings is 2. The fourth-order valence-electron chi connectivity index (χ4n) is 4.39. The van der Waals surface area contributed by atoms with Gasteiger partial charge >= 0.3 is 5.97 Å². The van der Waals surface area contributed by atoms with Crippen molar-refractivity contribution in [2.45, 2.75) is 13.0 Å². The molecule has 0 saturated carbocycles. The lowest BCUT2D eigenvalue weighted by atomic mass is 10.1. The maximum Gasteiger partial charge on any atom is 0.338 e. The van der Waals surface area contributed by atoms with Crippen LogP contribution in [0.25, 0.3) is 0 Å². The third-order valence-electron chi connectivity index (χ3n) is 6.35. The molecule has 0 aromatic heterocycles. The van der Waals surface area contributed by atoms with Gasteiger partial charge in [0.05, 0.1) is 54.8 Å². The number of nitrogens with zero attached hydrogens (tertiary/aromatic N) is 2. The molecule has 0 radical (unpaired) electrons. The number of carbonyl (C=O) groups is 1. The highest BCUT2D eigenvalue weighted by Gasteiger charge is 2.20. The van der Waals surface area contributed by atoms with E-state index in [4.69, 9.17) is 33.2 Å². The summed E-state index contributed by atoms with van der Waals surface area (Å²) in [5.74, 6) is 2.77. The van der Waals surface area contributed by atoms with Crippen molar-refractivity contribution in [2.75, 3.05) is 82.0 Å². The van der Waals surface area contributed by atoms with Crippen LogP contribution in [0.4, 0.5) is 0 Å². The van der Waals surface area contributed by atoms with Gasteiger partial charge in [-0.15, -0.1) is 0 Å². The molecule has 1 saturated heterocycles. The number of ether oxygens (including phenoxy) is 7. The van der Waals surface area contributed by atoms with Gasteiger partial charge in [0.1, 0.15) is 0 Å². The second-order valence-corrected chi connectivity index (χ2v) is 8.55. The van der Waals surface area contributed by atoms with E-state index in [0.717, 1.165) is 51.3 Å². The monoisotopic (exact) mass is 518 g/mol. The standard InChI is InChI=1S/C27H38N2O8/c1-31-21-14-19(15-22(32-2)25(21)35-5)18-29-11-9-28(10-12-29)8-7-13-37-27(30)20-16-23(33-3)26(36-6)24(17-20)34-4/h14-17H,7-13,18H2,1-6H3. The SMILES string of the molecule is COc1cc(CN2CCN(CCCOC(=O)c3cc(OC)c(OC)c(OC)c3)CC2)cc(OC)c1OC. The lowest BCUT2D eigenvalue weighted by molar-refractivity contribution is 0.0474. The molecule has 10 heteroatoms. The molecule has 0 bridgehead atoms. The van der Waals surface area contributed by atoms with Crippen LogP contribution in [0.15, 0.2) is 24.3 Å². The average molecular weight is 519 g/mol. The van der Waals surface area contributed by atoms with Gasteiger partial charge in [-0.05, 0) is 36.2 Å². The summed E-state index contributed by atoms with van der Waals surface area (Å²) in [6.07, 6.45) is 0.753. The quantitative estimate of drug-likeness (QED) is 0.291. The molecule has 0 atom stereocenters. The van der Waals surface area contributed by atoms with E-state index in [2.05, 4.69) is 9.80 Å². The molecular formula is C27H38N2O8. The Labute approximate surface area is 218 Å². The van der Waals surface area contributed by atoms with Crippen molar-refractivity contribution >= 4 is 5.97 Å². The molecule has 0 spiro atoms. The molecule has 2 aromatic carbocycles. The Morgan fingerprint density at radius 2 is 1.14 bits per heavy atom. The van der Waals surface area contributed by atoms with Crippen molar-refractivity contribution < 1.29 is 38.0 Å². The van der Waals surface area contributed by atoms with Crippen molar-refractivity contribution in [3.8, 4) is 34.5 Å². The van der Waals surface area contributed by atoms with Crippen molar-refractivity contribution in [3.63, 3.8) is 0 Å². The van der Waals surface area contributed by atoms with Crippen molar-refractivity contribution in [1.29, 1.82) is 0 Å². The molecule has 0 N–H and O–H groups in total. The zero-order valence-corrected chi connectivity index (χ0v) is 22.6. The molecule has 2 aromatic rings. The van der Waals surface area contributed by atoms with Crippen molar-refractivity contribution in [2.24, 2.45) is 0 Å². The third-order valence-corrected chi connectivity index (χ3v) is 6.35. The van der Waals surface area contributed by atoms with Gasteiger partial charge in [0.25, 0.3) is 0 Å². The van der Waals surface area contributed by atoms with Crippen LogP contribution < -0.4 is 28.4 Å². The maximum atomic E-state index is 12.6. The number of methoxy groups -OCH3 is 6. The molecule has 1 fully saturated rings. The molecule has 204 valence electrons. The first-order chi connectivity index (χ1) is 18.0. The highest BCUT2D eigenvalue weighted by Crippen LogP contribution is 2.39. The first-order valence-electron chi connectivity index (χ1n) is 12.2. The zero-order valence-electron chi connectivity index (χ0n) is 22.6. The first kappa shape index (κ1) is 28.2. The minimum Gasteiger partial charge on any atom is -0.493 e. The van der Waals surface area contributed by atoms with Gasteiger partial charge in [-0.25, -0.2) is 4.79 Å². The van der Waals surface area contributed by atoms with Crippen LogP contribution in [0.2, 0.25) is 0 Å². The Morgan fingerprint density at radius 1 is 0.676 bits per heavy atom. The van der Waals surface area contributed by atoms with Gasteiger partial charge in [0.2, 0.25) is 11.5 Å². The largest absolute Gasteiger partial charge is 0.493 e. The van der Waals surface area contributed by atoms with E-state index >= 15 is 0 Å². The summed E-state index contributed by atoms with van der Waals surface area (Å²) in [5.41, 5.74) is 1.47. The molecular weight excluding hydrogens is 480 g/mol. The highest BCUT2D eigenvalue weighted by molar-refractivity contribution is 5.91. The number of hydrogen-bond donors (Lipinski definition) is 0. The lowest BCUT2D eigenvalue weighted by Crippen LogP contribution is -2.46. The summed E-state index contributed by atoms with van der Waals surface area (Å²) >= 11 is 0. The topological polar surface area (TPSA) is 88.2 Å². The average Bonchev–Trinajstić information content (AvgIpc) is 2.94. The molecule has 0 unspecified atom stereocenters. The zero-order chi connectivity index (χ0) is 26.8. The van der Waals surface area contributed by atoms with Gasteiger partial charge < -0.3 is 38.1 Å². The number of piperazine rings is 1. The molecule has 1 aliphatic heterocycles. The molecule has 37 heavy (non-hydrogen) atoms. The Bertz CT molecular complexity index is 987. The summed E-state index contributed by atoms with van der Waals surface area (Å²) in [6.45, 7) is 5.79. The molecule has 0 aliphatic carbocycles. The Kier molecular flexibility index (Phi) is 10.5. The summed E-state index contributed by atoms with van der Waals surface area (Å²) in [5, 5.41) is 0. The number of hydrogen-bond acceptors (Lipinski definition) is 10. The van der Waals surface area contributed by atoms with E-state index in [1.807, 2.05) is 12.1 Å². The molecule has 0 amide bonds. The van der Waals surface area contributed by atoms with Gasteiger partial charge in [0, 0.05) is 39.3 Å². The third kappa shape index (κ3) is 7.11. The minimum absolute atomic E-state index is 0.334. The minimum atomic E-state index is -0.422. The number of esters is 1. The van der Waals surface area contributed by atoms with Crippen LogP contribution >= 0.6 is 0 Å². The van der Waals surface area contributed by atoms with Crippen molar-refractivity contribution in [1.82, 2.24) is 9.80 Å². The lowest BCUT2D eigenvalue weighted by Gasteiger charge is -2.34.